The van der Waals surface area contributed by atoms with Gasteiger partial charge in [0.1, 0.15) is 0 Å². The highest BCUT2D eigenvalue weighted by atomic mass is 15.2. The summed E-state index contributed by atoms with van der Waals surface area (Å²) in [6.07, 6.45) is 16.3. The molecule has 0 N–H and O–H groups in total. The fourth-order valence-corrected chi connectivity index (χ4v) is 11.3. The van der Waals surface area contributed by atoms with E-state index in [1.807, 2.05) is 0 Å². The second-order valence-corrected chi connectivity index (χ2v) is 18.5. The van der Waals surface area contributed by atoms with Gasteiger partial charge in [-0.25, -0.2) is 0 Å². The fraction of sp³-hybridized carbons (Fsp3) is 0.0938. The first-order valence-corrected chi connectivity index (χ1v) is 23.5. The molecule has 2 nitrogen and oxygen atoms in total. The molecule has 2 heteroatoms. The molecule has 0 fully saturated rings. The van der Waals surface area contributed by atoms with E-state index in [2.05, 4.69) is 242 Å². The average Bonchev–Trinajstić information content (AvgIpc) is 3.88. The Balaban J connectivity index is 0.991. The van der Waals surface area contributed by atoms with E-state index in [1.54, 1.807) is 0 Å². The van der Waals surface area contributed by atoms with Crippen molar-refractivity contribution in [2.24, 2.45) is 0 Å². The van der Waals surface area contributed by atoms with Crippen LogP contribution in [-0.2, 0) is 0 Å². The van der Waals surface area contributed by atoms with Crippen LogP contribution in [0.15, 0.2) is 218 Å². The molecule has 0 amide bonds. The number of hydrogen-bond acceptors (Lipinski definition) is 1. The van der Waals surface area contributed by atoms with Crippen LogP contribution in [0.4, 0.5) is 11.4 Å². The first-order chi connectivity index (χ1) is 32.6. The summed E-state index contributed by atoms with van der Waals surface area (Å²) in [5.74, 6) is 0.245. The quantitative estimate of drug-likeness (QED) is 0.151. The van der Waals surface area contributed by atoms with Gasteiger partial charge in [0.2, 0.25) is 0 Å². The largest absolute Gasteiger partial charge is 0.333 e. The van der Waals surface area contributed by atoms with E-state index in [0.29, 0.717) is 0 Å². The molecule has 2 heterocycles. The standard InChI is InChI=1S/C64H48N2/c1-41-21-29-49(30-22-41)65-59-19-11-9-17-51(59)55-37-47(27-35-61(55)65)45-25-33-53-57(39-45)63(43-13-5-3-6-14-43)54-34-26-46(40-58(54)64(53)44-15-7-4-8-16-44)48-28-36-62-56(38-48)52-18-10-12-20-60(52)66(62)50-31-23-42(2)24-32-50/h3-7,9-15,17-40,55,61H,8,16H2,1-2H3. The second-order valence-electron chi connectivity index (χ2n) is 18.5. The van der Waals surface area contributed by atoms with E-state index in [0.717, 1.165) is 12.8 Å². The van der Waals surface area contributed by atoms with Gasteiger partial charge in [-0.05, 0) is 159 Å². The highest BCUT2D eigenvalue weighted by molar-refractivity contribution is 6.20. The zero-order valence-corrected chi connectivity index (χ0v) is 37.2. The molecule has 1 aliphatic heterocycles. The molecule has 2 aliphatic carbocycles. The molecule has 9 aromatic carbocycles. The van der Waals surface area contributed by atoms with Crippen molar-refractivity contribution in [1.29, 1.82) is 0 Å². The summed E-state index contributed by atoms with van der Waals surface area (Å²) in [7, 11) is 0. The Morgan fingerprint density at radius 2 is 1.12 bits per heavy atom. The Morgan fingerprint density at radius 1 is 0.485 bits per heavy atom. The maximum absolute atomic E-state index is 2.53. The van der Waals surface area contributed by atoms with E-state index in [4.69, 9.17) is 0 Å². The molecule has 0 saturated carbocycles. The molecule has 0 spiro atoms. The van der Waals surface area contributed by atoms with Crippen LogP contribution in [-0.4, -0.2) is 10.6 Å². The smallest absolute Gasteiger partial charge is 0.0630 e. The molecule has 1 aromatic heterocycles. The lowest BCUT2D eigenvalue weighted by atomic mass is 9.81. The number of nitrogens with zero attached hydrogens (tertiary/aromatic N) is 2. The molecular weight excluding hydrogens is 797 g/mol. The molecule has 0 bridgehead atoms. The number of hydrogen-bond donors (Lipinski definition) is 0. The topological polar surface area (TPSA) is 8.17 Å². The van der Waals surface area contributed by atoms with Gasteiger partial charge in [-0.2, -0.15) is 0 Å². The highest BCUT2D eigenvalue weighted by Gasteiger charge is 2.38. The predicted molar refractivity (Wildman–Crippen MR) is 281 cm³/mol. The molecule has 10 aromatic rings. The van der Waals surface area contributed by atoms with Gasteiger partial charge in [0, 0.05) is 33.8 Å². The minimum Gasteiger partial charge on any atom is -0.333 e. The zero-order chi connectivity index (χ0) is 43.9. The lowest BCUT2D eigenvalue weighted by Gasteiger charge is -2.30. The van der Waals surface area contributed by atoms with Crippen LogP contribution in [0, 0.1) is 13.8 Å². The zero-order valence-electron chi connectivity index (χ0n) is 37.2. The van der Waals surface area contributed by atoms with Gasteiger partial charge < -0.3 is 9.47 Å². The van der Waals surface area contributed by atoms with Gasteiger partial charge >= 0.3 is 0 Å². The van der Waals surface area contributed by atoms with Crippen molar-refractivity contribution >= 4 is 65.9 Å². The van der Waals surface area contributed by atoms with E-state index < -0.39 is 0 Å². The summed E-state index contributed by atoms with van der Waals surface area (Å²) in [5.41, 5.74) is 20.3. The van der Waals surface area contributed by atoms with Crippen molar-refractivity contribution in [1.82, 2.24) is 4.57 Å². The minimum absolute atomic E-state index is 0.220. The van der Waals surface area contributed by atoms with Gasteiger partial charge in [-0.15, -0.1) is 0 Å². The van der Waals surface area contributed by atoms with Crippen molar-refractivity contribution in [2.45, 2.75) is 38.6 Å². The van der Waals surface area contributed by atoms with E-state index in [9.17, 15) is 0 Å². The normalized spacial score (nSPS) is 16.5. The van der Waals surface area contributed by atoms with Crippen LogP contribution < -0.4 is 4.90 Å². The van der Waals surface area contributed by atoms with Crippen LogP contribution in [0.5, 0.6) is 0 Å². The number of anilines is 2. The van der Waals surface area contributed by atoms with Crippen LogP contribution >= 0.6 is 0 Å². The molecule has 66 heavy (non-hydrogen) atoms. The maximum atomic E-state index is 2.53. The average molecular weight is 845 g/mol. The van der Waals surface area contributed by atoms with Crippen molar-refractivity contribution < 1.29 is 0 Å². The maximum Gasteiger partial charge on any atom is 0.0630 e. The highest BCUT2D eigenvalue weighted by Crippen LogP contribution is 2.50. The number of fused-ring (bicyclic) bond motifs is 8. The molecule has 2 atom stereocenters. The van der Waals surface area contributed by atoms with Crippen molar-refractivity contribution in [3.05, 3.63) is 246 Å². The first kappa shape index (κ1) is 38.5. The summed E-state index contributed by atoms with van der Waals surface area (Å²) >= 11 is 0. The molecule has 3 aliphatic rings. The number of benzene rings is 9. The molecule has 2 unspecified atom stereocenters. The van der Waals surface area contributed by atoms with Gasteiger partial charge in [0.25, 0.3) is 0 Å². The lowest BCUT2D eigenvalue weighted by Crippen LogP contribution is -2.28. The molecular formula is C64H48N2. The van der Waals surface area contributed by atoms with Crippen molar-refractivity contribution in [3.63, 3.8) is 0 Å². The Hall–Kier alpha value is -7.94. The number of allylic oxidation sites excluding steroid dienone is 6. The summed E-state index contributed by atoms with van der Waals surface area (Å²) in [5, 5.41) is 7.71. The minimum atomic E-state index is 0.220. The van der Waals surface area contributed by atoms with Crippen LogP contribution in [0.3, 0.4) is 0 Å². The first-order valence-electron chi connectivity index (χ1n) is 23.5. The van der Waals surface area contributed by atoms with Crippen LogP contribution in [0.1, 0.15) is 46.6 Å². The third kappa shape index (κ3) is 6.16. The lowest BCUT2D eigenvalue weighted by molar-refractivity contribution is 0.747. The Bertz CT molecular complexity index is 3710. The molecule has 13 rings (SSSR count). The number of aryl methyl sites for hydroxylation is 2. The fourth-order valence-electron chi connectivity index (χ4n) is 11.3. The van der Waals surface area contributed by atoms with E-state index >= 15 is 0 Å². The van der Waals surface area contributed by atoms with Gasteiger partial charge in [0.15, 0.2) is 0 Å². The number of aromatic nitrogens is 1. The summed E-state index contributed by atoms with van der Waals surface area (Å²) < 4.78 is 2.41. The van der Waals surface area contributed by atoms with E-state index in [-0.39, 0.29) is 12.0 Å². The predicted octanol–water partition coefficient (Wildman–Crippen LogP) is 17.0. The molecule has 314 valence electrons. The van der Waals surface area contributed by atoms with Crippen LogP contribution in [0.2, 0.25) is 0 Å². The van der Waals surface area contributed by atoms with Gasteiger partial charge in [-0.3, -0.25) is 0 Å². The molecule has 0 radical (unpaired) electrons. The van der Waals surface area contributed by atoms with Crippen LogP contribution in [0.25, 0.3) is 82.4 Å². The number of para-hydroxylation sites is 2. The van der Waals surface area contributed by atoms with Crippen molar-refractivity contribution in [3.8, 4) is 27.9 Å². The SMILES string of the molecule is Cc1ccc(N2c3ccccc3C3C=C(c4ccc5c(C6=CC=CCC6)c6cc(-c7ccc8c(c7)c7ccccc7n8-c7ccc(C)cc7)ccc6c(-c6ccccc6)c5c4)C=CC32)cc1. The van der Waals surface area contributed by atoms with Gasteiger partial charge in [0.05, 0.1) is 17.1 Å². The Labute approximate surface area is 386 Å². The van der Waals surface area contributed by atoms with Crippen molar-refractivity contribution in [2.75, 3.05) is 4.90 Å². The summed E-state index contributed by atoms with van der Waals surface area (Å²) in [6, 6.07) is 68.5. The number of rotatable bonds is 6. The van der Waals surface area contributed by atoms with E-state index in [1.165, 1.54) is 122 Å². The van der Waals surface area contributed by atoms with Gasteiger partial charge in [-0.1, -0.05) is 169 Å². The molecule has 0 saturated heterocycles. The summed E-state index contributed by atoms with van der Waals surface area (Å²) in [4.78, 5) is 2.53. The Morgan fingerprint density at radius 3 is 1.91 bits per heavy atom. The summed E-state index contributed by atoms with van der Waals surface area (Å²) in [6.45, 7) is 4.31. The third-order valence-corrected chi connectivity index (χ3v) is 14.5. The monoisotopic (exact) mass is 844 g/mol. The second kappa shape index (κ2) is 15.4. The Kier molecular flexibility index (Phi) is 8.96. The third-order valence-electron chi connectivity index (χ3n) is 14.5.